The van der Waals surface area contributed by atoms with Gasteiger partial charge in [-0.3, -0.25) is 0 Å². The zero-order chi connectivity index (χ0) is 10.2. The first-order valence-corrected chi connectivity index (χ1v) is 6.20. The lowest BCUT2D eigenvalue weighted by atomic mass is 9.97. The van der Waals surface area contributed by atoms with Gasteiger partial charge in [-0.25, -0.2) is 0 Å². The van der Waals surface area contributed by atoms with E-state index in [4.69, 9.17) is 4.74 Å². The molecule has 1 saturated heterocycles. The molecule has 0 aromatic heterocycles. The quantitative estimate of drug-likeness (QED) is 0.636. The van der Waals surface area contributed by atoms with E-state index in [1.165, 1.54) is 32.1 Å². The first-order chi connectivity index (χ1) is 6.88. The van der Waals surface area contributed by atoms with Crippen LogP contribution in [-0.2, 0) is 4.74 Å². The van der Waals surface area contributed by atoms with Crippen molar-refractivity contribution in [2.75, 3.05) is 19.7 Å². The highest BCUT2D eigenvalue weighted by Gasteiger charge is 2.26. The molecule has 0 aromatic rings. The minimum absolute atomic E-state index is 0.542. The van der Waals surface area contributed by atoms with E-state index in [-0.39, 0.29) is 0 Å². The molecule has 0 aliphatic carbocycles. The van der Waals surface area contributed by atoms with Crippen LogP contribution in [0.3, 0.4) is 0 Å². The van der Waals surface area contributed by atoms with E-state index in [1.54, 1.807) is 0 Å². The Hall–Kier alpha value is -0.0800. The summed E-state index contributed by atoms with van der Waals surface area (Å²) >= 11 is 0. The van der Waals surface area contributed by atoms with Crippen LogP contribution in [0.15, 0.2) is 0 Å². The Balaban J connectivity index is 2.14. The van der Waals surface area contributed by atoms with Crippen LogP contribution in [0.1, 0.15) is 46.0 Å². The third kappa shape index (κ3) is 3.97. The molecule has 1 fully saturated rings. The van der Waals surface area contributed by atoms with Gasteiger partial charge < -0.3 is 10.1 Å². The SMILES string of the molecule is CCCCCC1OCCC1CNCC. The maximum Gasteiger partial charge on any atom is 0.0616 e. The van der Waals surface area contributed by atoms with Gasteiger partial charge in [0.15, 0.2) is 0 Å². The Morgan fingerprint density at radius 1 is 1.29 bits per heavy atom. The minimum atomic E-state index is 0.542. The van der Waals surface area contributed by atoms with Crippen LogP contribution in [0.25, 0.3) is 0 Å². The molecule has 0 spiro atoms. The molecular weight excluding hydrogens is 174 g/mol. The fraction of sp³-hybridized carbons (Fsp3) is 1.00. The van der Waals surface area contributed by atoms with Crippen molar-refractivity contribution in [1.29, 1.82) is 0 Å². The average Bonchev–Trinajstić information content (AvgIpc) is 2.63. The molecule has 1 rings (SSSR count). The Morgan fingerprint density at radius 3 is 2.86 bits per heavy atom. The second-order valence-corrected chi connectivity index (χ2v) is 4.26. The number of unbranched alkanes of at least 4 members (excludes halogenated alkanes) is 2. The fourth-order valence-corrected chi connectivity index (χ4v) is 2.17. The summed E-state index contributed by atoms with van der Waals surface area (Å²) in [4.78, 5) is 0. The normalized spacial score (nSPS) is 27.0. The van der Waals surface area contributed by atoms with Crippen molar-refractivity contribution in [1.82, 2.24) is 5.32 Å². The highest BCUT2D eigenvalue weighted by molar-refractivity contribution is 4.77. The molecule has 1 aliphatic heterocycles. The van der Waals surface area contributed by atoms with Crippen LogP contribution >= 0.6 is 0 Å². The Labute approximate surface area is 88.4 Å². The first kappa shape index (κ1) is 12.0. The largest absolute Gasteiger partial charge is 0.378 e. The summed E-state index contributed by atoms with van der Waals surface area (Å²) in [5.41, 5.74) is 0. The third-order valence-corrected chi connectivity index (χ3v) is 3.10. The molecule has 2 unspecified atom stereocenters. The van der Waals surface area contributed by atoms with Crippen LogP contribution in [-0.4, -0.2) is 25.8 Å². The topological polar surface area (TPSA) is 21.3 Å². The van der Waals surface area contributed by atoms with E-state index in [9.17, 15) is 0 Å². The van der Waals surface area contributed by atoms with Crippen LogP contribution in [0, 0.1) is 5.92 Å². The monoisotopic (exact) mass is 199 g/mol. The minimum Gasteiger partial charge on any atom is -0.378 e. The molecule has 1 aliphatic rings. The van der Waals surface area contributed by atoms with Crippen molar-refractivity contribution in [3.8, 4) is 0 Å². The van der Waals surface area contributed by atoms with Crippen molar-refractivity contribution in [3.05, 3.63) is 0 Å². The van der Waals surface area contributed by atoms with Gasteiger partial charge in [0.05, 0.1) is 6.10 Å². The highest BCUT2D eigenvalue weighted by atomic mass is 16.5. The Morgan fingerprint density at radius 2 is 2.14 bits per heavy atom. The molecule has 14 heavy (non-hydrogen) atoms. The molecule has 84 valence electrons. The summed E-state index contributed by atoms with van der Waals surface area (Å²) < 4.78 is 5.77. The summed E-state index contributed by atoms with van der Waals surface area (Å²) in [5, 5.41) is 3.43. The maximum absolute atomic E-state index is 5.77. The predicted molar refractivity (Wildman–Crippen MR) is 60.5 cm³/mol. The molecule has 0 aromatic carbocycles. The number of ether oxygens (including phenoxy) is 1. The van der Waals surface area contributed by atoms with Gasteiger partial charge in [-0.05, 0) is 25.3 Å². The van der Waals surface area contributed by atoms with Crippen LogP contribution in [0.4, 0.5) is 0 Å². The standard InChI is InChI=1S/C12H25NO/c1-3-5-6-7-12-11(8-9-14-12)10-13-4-2/h11-13H,3-10H2,1-2H3. The molecule has 0 saturated carbocycles. The van der Waals surface area contributed by atoms with Crippen LogP contribution < -0.4 is 5.32 Å². The van der Waals surface area contributed by atoms with E-state index in [0.717, 1.165) is 25.6 Å². The molecule has 0 radical (unpaired) electrons. The van der Waals surface area contributed by atoms with E-state index >= 15 is 0 Å². The molecule has 2 nitrogen and oxygen atoms in total. The number of hydrogen-bond donors (Lipinski definition) is 1. The van der Waals surface area contributed by atoms with Gasteiger partial charge in [0.25, 0.3) is 0 Å². The molecule has 0 bridgehead atoms. The summed E-state index contributed by atoms with van der Waals surface area (Å²) in [6.45, 7) is 7.63. The summed E-state index contributed by atoms with van der Waals surface area (Å²) in [6.07, 6.45) is 7.07. The second-order valence-electron chi connectivity index (χ2n) is 4.26. The molecule has 0 amide bonds. The van der Waals surface area contributed by atoms with Crippen molar-refractivity contribution in [2.24, 2.45) is 5.92 Å². The van der Waals surface area contributed by atoms with Crippen molar-refractivity contribution in [2.45, 2.75) is 52.1 Å². The fourth-order valence-electron chi connectivity index (χ4n) is 2.17. The first-order valence-electron chi connectivity index (χ1n) is 6.20. The number of hydrogen-bond acceptors (Lipinski definition) is 2. The molecular formula is C12H25NO. The molecule has 1 heterocycles. The number of nitrogens with one attached hydrogen (secondary N) is 1. The highest BCUT2D eigenvalue weighted by Crippen LogP contribution is 2.24. The van der Waals surface area contributed by atoms with E-state index < -0.39 is 0 Å². The van der Waals surface area contributed by atoms with Crippen molar-refractivity contribution in [3.63, 3.8) is 0 Å². The predicted octanol–water partition coefficient (Wildman–Crippen LogP) is 2.58. The third-order valence-electron chi connectivity index (χ3n) is 3.10. The molecule has 1 N–H and O–H groups in total. The summed E-state index contributed by atoms with van der Waals surface area (Å²) in [6, 6.07) is 0. The lowest BCUT2D eigenvalue weighted by Gasteiger charge is -2.18. The van der Waals surface area contributed by atoms with E-state index in [2.05, 4.69) is 19.2 Å². The van der Waals surface area contributed by atoms with Gasteiger partial charge in [0, 0.05) is 13.2 Å². The van der Waals surface area contributed by atoms with Gasteiger partial charge in [-0.15, -0.1) is 0 Å². The Kier molecular flexibility index (Phi) is 6.20. The second kappa shape index (κ2) is 7.24. The van der Waals surface area contributed by atoms with Gasteiger partial charge in [0.1, 0.15) is 0 Å². The molecule has 2 atom stereocenters. The van der Waals surface area contributed by atoms with Crippen LogP contribution in [0.2, 0.25) is 0 Å². The smallest absolute Gasteiger partial charge is 0.0616 e. The lowest BCUT2D eigenvalue weighted by molar-refractivity contribution is 0.0811. The maximum atomic E-state index is 5.77. The zero-order valence-electron chi connectivity index (χ0n) is 9.72. The number of rotatable bonds is 7. The van der Waals surface area contributed by atoms with Gasteiger partial charge in [-0.1, -0.05) is 33.1 Å². The van der Waals surface area contributed by atoms with Crippen LogP contribution in [0.5, 0.6) is 0 Å². The average molecular weight is 199 g/mol. The Bertz CT molecular complexity index is 138. The lowest BCUT2D eigenvalue weighted by Crippen LogP contribution is -2.28. The van der Waals surface area contributed by atoms with E-state index in [0.29, 0.717) is 6.10 Å². The van der Waals surface area contributed by atoms with Gasteiger partial charge in [-0.2, -0.15) is 0 Å². The van der Waals surface area contributed by atoms with E-state index in [1.807, 2.05) is 0 Å². The molecule has 2 heteroatoms. The summed E-state index contributed by atoms with van der Waals surface area (Å²) in [5.74, 6) is 0.770. The van der Waals surface area contributed by atoms with Crippen molar-refractivity contribution >= 4 is 0 Å². The summed E-state index contributed by atoms with van der Waals surface area (Å²) in [7, 11) is 0. The van der Waals surface area contributed by atoms with Gasteiger partial charge >= 0.3 is 0 Å². The van der Waals surface area contributed by atoms with Crippen molar-refractivity contribution < 1.29 is 4.74 Å². The zero-order valence-corrected chi connectivity index (χ0v) is 9.72. The van der Waals surface area contributed by atoms with Gasteiger partial charge in [0.2, 0.25) is 0 Å².